The lowest BCUT2D eigenvalue weighted by molar-refractivity contribution is -0.138. The third-order valence-electron chi connectivity index (χ3n) is 4.60. The molecular weight excluding hydrogens is 312 g/mol. The first kappa shape index (κ1) is 17.5. The number of hydrogen-bond acceptors (Lipinski definition) is 3. The maximum atomic E-state index is 12.4. The fourth-order valence-electron chi connectivity index (χ4n) is 3.19. The average molecular weight is 338 g/mol. The van der Waals surface area contributed by atoms with Gasteiger partial charge < -0.3 is 9.64 Å². The van der Waals surface area contributed by atoms with Gasteiger partial charge in [-0.2, -0.15) is 0 Å². The molecule has 0 radical (unpaired) electrons. The highest BCUT2D eigenvalue weighted by Gasteiger charge is 2.23. The highest BCUT2D eigenvalue weighted by Crippen LogP contribution is 2.17. The highest BCUT2D eigenvalue weighted by molar-refractivity contribution is 5.80. The van der Waals surface area contributed by atoms with E-state index < -0.39 is 6.23 Å². The molecule has 2 N–H and O–H groups in total. The molecule has 0 spiro atoms. The Kier molecular flexibility index (Phi) is 6.07. The molecule has 4 nitrogen and oxygen atoms in total. The van der Waals surface area contributed by atoms with E-state index in [-0.39, 0.29) is 5.91 Å². The van der Waals surface area contributed by atoms with Gasteiger partial charge in [0.2, 0.25) is 6.23 Å². The van der Waals surface area contributed by atoms with Crippen molar-refractivity contribution in [2.75, 3.05) is 13.1 Å². The first-order valence-corrected chi connectivity index (χ1v) is 9.06. The van der Waals surface area contributed by atoms with Gasteiger partial charge in [0.15, 0.2) is 0 Å². The Labute approximate surface area is 149 Å². The molecule has 1 heterocycles. The van der Waals surface area contributed by atoms with Crippen LogP contribution >= 0.6 is 0 Å². The van der Waals surface area contributed by atoms with Gasteiger partial charge in [0.1, 0.15) is 5.75 Å². The molecule has 4 heteroatoms. The lowest BCUT2D eigenvalue weighted by Crippen LogP contribution is -2.47. The number of benzene rings is 2. The summed E-state index contributed by atoms with van der Waals surface area (Å²) < 4.78 is 5.66. The van der Waals surface area contributed by atoms with Crippen molar-refractivity contribution >= 4 is 5.91 Å². The van der Waals surface area contributed by atoms with Crippen LogP contribution in [0.15, 0.2) is 54.6 Å². The van der Waals surface area contributed by atoms with Gasteiger partial charge in [-0.1, -0.05) is 55.3 Å². The zero-order chi connectivity index (χ0) is 17.5. The minimum Gasteiger partial charge on any atom is -0.466 e. The van der Waals surface area contributed by atoms with Crippen molar-refractivity contribution in [3.8, 4) is 5.75 Å². The second-order valence-electron chi connectivity index (χ2n) is 6.58. The molecule has 3 rings (SSSR count). The summed E-state index contributed by atoms with van der Waals surface area (Å²) in [6, 6.07) is 18.1. The van der Waals surface area contributed by atoms with E-state index >= 15 is 0 Å². The number of carbonyl (C=O) groups excluding carboxylic acids is 1. The molecule has 1 saturated heterocycles. The van der Waals surface area contributed by atoms with E-state index in [0.717, 1.165) is 32.4 Å². The van der Waals surface area contributed by atoms with E-state index in [1.807, 2.05) is 47.4 Å². The lowest BCUT2D eigenvalue weighted by Gasteiger charge is -2.24. The molecule has 0 aromatic heterocycles. The van der Waals surface area contributed by atoms with Crippen molar-refractivity contribution in [1.82, 2.24) is 4.90 Å². The van der Waals surface area contributed by atoms with Gasteiger partial charge in [0.05, 0.1) is 0 Å². The van der Waals surface area contributed by atoms with Crippen LogP contribution in [0.25, 0.3) is 0 Å². The second kappa shape index (κ2) is 8.67. The van der Waals surface area contributed by atoms with Gasteiger partial charge in [-0.25, -0.2) is 0 Å². The Morgan fingerprint density at radius 2 is 1.52 bits per heavy atom. The van der Waals surface area contributed by atoms with Crippen LogP contribution in [-0.4, -0.2) is 30.1 Å². The fourth-order valence-corrected chi connectivity index (χ4v) is 3.19. The highest BCUT2D eigenvalue weighted by atomic mass is 16.5. The summed E-state index contributed by atoms with van der Waals surface area (Å²) in [4.78, 5) is 14.3. The van der Waals surface area contributed by atoms with Crippen molar-refractivity contribution < 1.29 is 9.53 Å². The molecule has 1 amide bonds. The van der Waals surface area contributed by atoms with E-state index in [9.17, 15) is 4.79 Å². The Hall–Kier alpha value is -2.33. The molecule has 25 heavy (non-hydrogen) atoms. The predicted molar refractivity (Wildman–Crippen MR) is 99.3 cm³/mol. The molecule has 0 bridgehead atoms. The van der Waals surface area contributed by atoms with Crippen LogP contribution in [0.1, 0.15) is 36.8 Å². The van der Waals surface area contributed by atoms with Crippen molar-refractivity contribution in [2.24, 2.45) is 5.73 Å². The molecule has 0 saturated carbocycles. The first-order valence-electron chi connectivity index (χ1n) is 9.06. The predicted octanol–water partition coefficient (Wildman–Crippen LogP) is 3.34. The van der Waals surface area contributed by atoms with Gasteiger partial charge in [-0.05, 0) is 42.5 Å². The number of amides is 1. The second-order valence-corrected chi connectivity index (χ2v) is 6.58. The summed E-state index contributed by atoms with van der Waals surface area (Å²) in [5.41, 5.74) is 8.45. The van der Waals surface area contributed by atoms with Crippen LogP contribution in [0.4, 0.5) is 0 Å². The van der Waals surface area contributed by atoms with Crippen LogP contribution in [0, 0.1) is 0 Å². The van der Waals surface area contributed by atoms with Crippen LogP contribution < -0.4 is 10.5 Å². The van der Waals surface area contributed by atoms with Crippen molar-refractivity contribution in [3.05, 3.63) is 65.7 Å². The average Bonchev–Trinajstić information content (AvgIpc) is 2.93. The molecule has 2 aromatic carbocycles. The van der Waals surface area contributed by atoms with Gasteiger partial charge in [-0.15, -0.1) is 0 Å². The normalized spacial score (nSPS) is 16.1. The third kappa shape index (κ3) is 5.07. The molecule has 1 aliphatic rings. The van der Waals surface area contributed by atoms with Gasteiger partial charge in [0, 0.05) is 13.1 Å². The van der Waals surface area contributed by atoms with Gasteiger partial charge in [-0.3, -0.25) is 10.5 Å². The van der Waals surface area contributed by atoms with Crippen molar-refractivity contribution in [2.45, 2.75) is 38.3 Å². The Morgan fingerprint density at radius 1 is 0.920 bits per heavy atom. The minimum absolute atomic E-state index is 0.115. The zero-order valence-electron chi connectivity index (χ0n) is 14.6. The Bertz CT molecular complexity index is 662. The van der Waals surface area contributed by atoms with Gasteiger partial charge >= 0.3 is 0 Å². The molecule has 0 aliphatic carbocycles. The van der Waals surface area contributed by atoms with E-state index in [1.165, 1.54) is 24.0 Å². The molecule has 1 aliphatic heterocycles. The van der Waals surface area contributed by atoms with Crippen LogP contribution in [0.3, 0.4) is 0 Å². The van der Waals surface area contributed by atoms with Crippen LogP contribution in [-0.2, 0) is 11.2 Å². The quantitative estimate of drug-likeness (QED) is 0.851. The fraction of sp³-hybridized carbons (Fsp3) is 0.381. The van der Waals surface area contributed by atoms with Crippen molar-refractivity contribution in [3.63, 3.8) is 0 Å². The van der Waals surface area contributed by atoms with E-state index in [2.05, 4.69) is 12.1 Å². The number of rotatable bonds is 5. The molecule has 1 unspecified atom stereocenters. The number of likely N-dealkylation sites (tertiary alicyclic amines) is 1. The number of ether oxygens (including phenoxy) is 1. The Morgan fingerprint density at radius 3 is 2.16 bits per heavy atom. The molecule has 1 fully saturated rings. The number of carbonyl (C=O) groups is 1. The SMILES string of the molecule is NC(Oc1ccc(Cc2ccccc2)cc1)C(=O)N1CCCCCC1. The van der Waals surface area contributed by atoms with Crippen LogP contribution in [0.2, 0.25) is 0 Å². The minimum atomic E-state index is -0.932. The number of hydrogen-bond donors (Lipinski definition) is 1. The van der Waals surface area contributed by atoms with E-state index in [1.54, 1.807) is 0 Å². The van der Waals surface area contributed by atoms with Crippen molar-refractivity contribution in [1.29, 1.82) is 0 Å². The largest absolute Gasteiger partial charge is 0.466 e. The monoisotopic (exact) mass is 338 g/mol. The topological polar surface area (TPSA) is 55.6 Å². The maximum absolute atomic E-state index is 12.4. The zero-order valence-corrected chi connectivity index (χ0v) is 14.6. The standard InChI is InChI=1S/C21H26N2O2/c22-20(21(24)23-14-6-1-2-7-15-23)25-19-12-10-18(11-13-19)16-17-8-4-3-5-9-17/h3-5,8-13,20H,1-2,6-7,14-16,22H2. The van der Waals surface area contributed by atoms with E-state index in [0.29, 0.717) is 5.75 Å². The summed E-state index contributed by atoms with van der Waals surface area (Å²) in [6.45, 7) is 1.57. The Balaban J connectivity index is 1.56. The third-order valence-corrected chi connectivity index (χ3v) is 4.60. The first-order chi connectivity index (χ1) is 12.2. The summed E-state index contributed by atoms with van der Waals surface area (Å²) in [6.07, 6.45) is 4.41. The smallest absolute Gasteiger partial charge is 0.278 e. The number of nitrogens with zero attached hydrogens (tertiary/aromatic N) is 1. The summed E-state index contributed by atoms with van der Waals surface area (Å²) in [5.74, 6) is 0.516. The van der Waals surface area contributed by atoms with E-state index in [4.69, 9.17) is 10.5 Å². The molecule has 2 aromatic rings. The lowest BCUT2D eigenvalue weighted by atomic mass is 10.1. The summed E-state index contributed by atoms with van der Waals surface area (Å²) in [7, 11) is 0. The maximum Gasteiger partial charge on any atom is 0.278 e. The number of nitrogens with two attached hydrogens (primary N) is 1. The molecule has 1 atom stereocenters. The molecular formula is C21H26N2O2. The summed E-state index contributed by atoms with van der Waals surface area (Å²) >= 11 is 0. The van der Waals surface area contributed by atoms with Gasteiger partial charge in [0.25, 0.3) is 5.91 Å². The summed E-state index contributed by atoms with van der Waals surface area (Å²) in [5, 5.41) is 0. The molecule has 132 valence electrons. The van der Waals surface area contributed by atoms with Crippen LogP contribution in [0.5, 0.6) is 5.75 Å².